The van der Waals surface area contributed by atoms with E-state index in [9.17, 15) is 9.59 Å². The number of nitrogens with two attached hydrogens (primary N) is 1. The summed E-state index contributed by atoms with van der Waals surface area (Å²) in [7, 11) is 3.43. The summed E-state index contributed by atoms with van der Waals surface area (Å²) in [5, 5.41) is 7.04. The summed E-state index contributed by atoms with van der Waals surface area (Å²) in [6, 6.07) is 1.48. The summed E-state index contributed by atoms with van der Waals surface area (Å²) in [6.07, 6.45) is 2.60. The fraction of sp³-hybridized carbons (Fsp3) is 0.583. The van der Waals surface area contributed by atoms with Crippen molar-refractivity contribution in [2.75, 3.05) is 32.5 Å². The molecule has 106 valence electrons. The summed E-state index contributed by atoms with van der Waals surface area (Å²) in [5.74, 6) is 0.0503. The van der Waals surface area contributed by atoms with E-state index in [2.05, 4.69) is 10.4 Å². The van der Waals surface area contributed by atoms with E-state index in [4.69, 9.17) is 5.73 Å². The van der Waals surface area contributed by atoms with Crippen molar-refractivity contribution in [1.82, 2.24) is 14.7 Å². The fourth-order valence-corrected chi connectivity index (χ4v) is 1.52. The van der Waals surface area contributed by atoms with Crippen LogP contribution in [0, 0.1) is 0 Å². The molecule has 0 radical (unpaired) electrons. The zero-order chi connectivity index (χ0) is 14.3. The average Bonchev–Trinajstić information content (AvgIpc) is 2.38. The molecule has 0 atom stereocenters. The van der Waals surface area contributed by atoms with Crippen molar-refractivity contribution < 1.29 is 4.79 Å². The number of carbonyl (C=O) groups excluding carboxylic acids is 1. The van der Waals surface area contributed by atoms with Crippen LogP contribution < -0.4 is 16.6 Å². The maximum Gasteiger partial charge on any atom is 0.268 e. The van der Waals surface area contributed by atoms with Crippen LogP contribution >= 0.6 is 0 Å². The average molecular weight is 267 g/mol. The third kappa shape index (κ3) is 5.09. The van der Waals surface area contributed by atoms with Crippen LogP contribution in [0.15, 0.2) is 17.1 Å². The topological polar surface area (TPSA) is 93.2 Å². The number of hydrogen-bond donors (Lipinski definition) is 2. The Hall–Kier alpha value is -1.89. The summed E-state index contributed by atoms with van der Waals surface area (Å²) in [5.41, 5.74) is 5.84. The van der Waals surface area contributed by atoms with E-state index >= 15 is 0 Å². The van der Waals surface area contributed by atoms with Gasteiger partial charge in [-0.15, -0.1) is 0 Å². The number of carbonyl (C=O) groups is 1. The van der Waals surface area contributed by atoms with E-state index in [0.29, 0.717) is 38.2 Å². The van der Waals surface area contributed by atoms with Crippen molar-refractivity contribution in [2.24, 2.45) is 5.73 Å². The van der Waals surface area contributed by atoms with Gasteiger partial charge >= 0.3 is 0 Å². The van der Waals surface area contributed by atoms with Crippen molar-refractivity contribution in [3.63, 3.8) is 0 Å². The molecule has 1 heterocycles. The number of hydrogen-bond acceptors (Lipinski definition) is 5. The molecule has 0 fully saturated rings. The molecule has 7 nitrogen and oxygen atoms in total. The molecule has 0 aliphatic carbocycles. The van der Waals surface area contributed by atoms with Gasteiger partial charge in [0.1, 0.15) is 0 Å². The number of anilines is 1. The van der Waals surface area contributed by atoms with E-state index in [1.165, 1.54) is 15.6 Å². The summed E-state index contributed by atoms with van der Waals surface area (Å²) < 4.78 is 1.36. The van der Waals surface area contributed by atoms with Gasteiger partial charge in [0.05, 0.1) is 11.9 Å². The van der Waals surface area contributed by atoms with Crippen LogP contribution in [-0.4, -0.2) is 47.8 Å². The lowest BCUT2D eigenvalue weighted by atomic mass is 10.3. The van der Waals surface area contributed by atoms with Crippen molar-refractivity contribution in [3.8, 4) is 0 Å². The molecule has 1 aromatic heterocycles. The van der Waals surface area contributed by atoms with E-state index in [1.807, 2.05) is 0 Å². The van der Waals surface area contributed by atoms with Gasteiger partial charge in [0.25, 0.3) is 5.56 Å². The zero-order valence-corrected chi connectivity index (χ0v) is 11.4. The standard InChI is InChI=1S/C12H21N5O2/c1-16(2)11(18)4-3-7-17-12(19)8-10(9-15-17)14-6-5-13/h8-9,14H,3-7,13H2,1-2H3. The van der Waals surface area contributed by atoms with Gasteiger partial charge in [-0.1, -0.05) is 0 Å². The van der Waals surface area contributed by atoms with E-state index in [-0.39, 0.29) is 11.5 Å². The molecule has 0 saturated carbocycles. The number of nitrogens with zero attached hydrogens (tertiary/aromatic N) is 3. The van der Waals surface area contributed by atoms with Crippen LogP contribution in [0.4, 0.5) is 5.69 Å². The molecule has 0 spiro atoms. The van der Waals surface area contributed by atoms with Gasteiger partial charge in [-0.25, -0.2) is 4.68 Å². The van der Waals surface area contributed by atoms with Crippen molar-refractivity contribution >= 4 is 11.6 Å². The van der Waals surface area contributed by atoms with Gasteiger partial charge < -0.3 is 16.0 Å². The molecular weight excluding hydrogens is 246 g/mol. The Labute approximate surface area is 112 Å². The number of nitrogens with one attached hydrogen (secondary N) is 1. The molecule has 0 saturated heterocycles. The van der Waals surface area contributed by atoms with Crippen LogP contribution in [-0.2, 0) is 11.3 Å². The van der Waals surface area contributed by atoms with E-state index in [0.717, 1.165) is 0 Å². The lowest BCUT2D eigenvalue weighted by Gasteiger charge is -2.10. The van der Waals surface area contributed by atoms with Crippen molar-refractivity contribution in [2.45, 2.75) is 19.4 Å². The Morgan fingerprint density at radius 2 is 2.26 bits per heavy atom. The monoisotopic (exact) mass is 267 g/mol. The number of rotatable bonds is 7. The molecule has 3 N–H and O–H groups in total. The van der Waals surface area contributed by atoms with Gasteiger partial charge in [-0.05, 0) is 6.42 Å². The second-order valence-electron chi connectivity index (χ2n) is 4.41. The molecular formula is C12H21N5O2. The third-order valence-electron chi connectivity index (χ3n) is 2.60. The van der Waals surface area contributed by atoms with Gasteiger partial charge in [0.15, 0.2) is 0 Å². The third-order valence-corrected chi connectivity index (χ3v) is 2.60. The molecule has 1 rings (SSSR count). The minimum atomic E-state index is -0.181. The number of amides is 1. The maximum absolute atomic E-state index is 11.7. The maximum atomic E-state index is 11.7. The Balaban J connectivity index is 2.51. The van der Waals surface area contributed by atoms with Gasteiger partial charge in [0.2, 0.25) is 5.91 Å². The molecule has 0 aliphatic rings. The predicted octanol–water partition coefficient (Wildman–Crippen LogP) is -0.518. The molecule has 7 heteroatoms. The van der Waals surface area contributed by atoms with Crippen LogP contribution in [0.5, 0.6) is 0 Å². The highest BCUT2D eigenvalue weighted by Gasteiger charge is 2.05. The lowest BCUT2D eigenvalue weighted by molar-refractivity contribution is -0.128. The first-order valence-electron chi connectivity index (χ1n) is 6.26. The predicted molar refractivity (Wildman–Crippen MR) is 74.0 cm³/mol. The summed E-state index contributed by atoms with van der Waals surface area (Å²) in [4.78, 5) is 24.7. The molecule has 0 bridgehead atoms. The normalized spacial score (nSPS) is 10.3. The molecule has 0 aromatic carbocycles. The van der Waals surface area contributed by atoms with Gasteiger partial charge in [-0.2, -0.15) is 5.10 Å². The first kappa shape index (κ1) is 15.2. The highest BCUT2D eigenvalue weighted by molar-refractivity contribution is 5.75. The molecule has 0 unspecified atom stereocenters. The Morgan fingerprint density at radius 1 is 1.53 bits per heavy atom. The van der Waals surface area contributed by atoms with E-state index < -0.39 is 0 Å². The lowest BCUT2D eigenvalue weighted by Crippen LogP contribution is -2.25. The zero-order valence-electron chi connectivity index (χ0n) is 11.4. The molecule has 1 aromatic rings. The van der Waals surface area contributed by atoms with Crippen LogP contribution in [0.2, 0.25) is 0 Å². The quantitative estimate of drug-likeness (QED) is 0.693. The Morgan fingerprint density at radius 3 is 2.84 bits per heavy atom. The largest absolute Gasteiger partial charge is 0.382 e. The molecule has 0 aliphatic heterocycles. The van der Waals surface area contributed by atoms with Gasteiger partial charge in [-0.3, -0.25) is 9.59 Å². The highest BCUT2D eigenvalue weighted by Crippen LogP contribution is 2.00. The van der Waals surface area contributed by atoms with Crippen LogP contribution in [0.25, 0.3) is 0 Å². The fourth-order valence-electron chi connectivity index (χ4n) is 1.52. The second-order valence-corrected chi connectivity index (χ2v) is 4.41. The Bertz CT molecular complexity index is 469. The van der Waals surface area contributed by atoms with Crippen LogP contribution in [0.1, 0.15) is 12.8 Å². The second kappa shape index (κ2) is 7.52. The van der Waals surface area contributed by atoms with E-state index in [1.54, 1.807) is 20.3 Å². The summed E-state index contributed by atoms with van der Waals surface area (Å²) in [6.45, 7) is 1.54. The van der Waals surface area contributed by atoms with Crippen LogP contribution in [0.3, 0.4) is 0 Å². The molecule has 1 amide bonds. The van der Waals surface area contributed by atoms with Crippen molar-refractivity contribution in [1.29, 1.82) is 0 Å². The first-order chi connectivity index (χ1) is 9.04. The Kier molecular flexibility index (Phi) is 6.01. The smallest absolute Gasteiger partial charge is 0.268 e. The summed E-state index contributed by atoms with van der Waals surface area (Å²) >= 11 is 0. The highest BCUT2D eigenvalue weighted by atomic mass is 16.2. The number of aryl methyl sites for hydroxylation is 1. The SMILES string of the molecule is CN(C)C(=O)CCCn1ncc(NCCN)cc1=O. The minimum absolute atomic E-state index is 0.0503. The minimum Gasteiger partial charge on any atom is -0.382 e. The van der Waals surface area contributed by atoms with Gasteiger partial charge in [0, 0.05) is 46.2 Å². The van der Waals surface area contributed by atoms with Crippen molar-refractivity contribution in [3.05, 3.63) is 22.6 Å². The first-order valence-corrected chi connectivity index (χ1v) is 6.26. The number of aromatic nitrogens is 2. The molecule has 19 heavy (non-hydrogen) atoms.